The average molecular weight is 399 g/mol. The Morgan fingerprint density at radius 2 is 1.68 bits per heavy atom. The van der Waals surface area contributed by atoms with Crippen LogP contribution in [0.4, 0.5) is 8.78 Å². The molecule has 0 N–H and O–H groups in total. The Kier molecular flexibility index (Phi) is 7.28. The lowest BCUT2D eigenvalue weighted by atomic mass is 9.93. The Morgan fingerprint density at radius 3 is 2.32 bits per heavy atom. The van der Waals surface area contributed by atoms with Crippen molar-refractivity contribution in [3.63, 3.8) is 0 Å². The van der Waals surface area contributed by atoms with Gasteiger partial charge in [0.05, 0.1) is 12.2 Å². The molecule has 3 rings (SSSR count). The van der Waals surface area contributed by atoms with Crippen LogP contribution in [0.5, 0.6) is 5.75 Å². The molecule has 0 unspecified atom stereocenters. The van der Waals surface area contributed by atoms with Crippen molar-refractivity contribution < 1.29 is 13.5 Å². The highest BCUT2D eigenvalue weighted by Gasteiger charge is 2.22. The Morgan fingerprint density at radius 1 is 0.964 bits per heavy atom. The zero-order chi connectivity index (χ0) is 19.9. The van der Waals surface area contributed by atoms with E-state index in [-0.39, 0.29) is 17.9 Å². The summed E-state index contributed by atoms with van der Waals surface area (Å²) in [5, 5.41) is 0. The first-order valence-electron chi connectivity index (χ1n) is 10.3. The minimum Gasteiger partial charge on any atom is -0.491 e. The summed E-state index contributed by atoms with van der Waals surface area (Å²) in [6.07, 6.45) is 3.98. The van der Waals surface area contributed by atoms with E-state index < -0.39 is 20.4 Å². The van der Waals surface area contributed by atoms with Crippen LogP contribution in [0.3, 0.4) is 0 Å². The molecule has 0 aromatic heterocycles. The molecule has 4 heteroatoms. The van der Waals surface area contributed by atoms with Gasteiger partial charge in [-0.25, -0.2) is 4.39 Å². The molecular formula is C24H28F2OSi. The largest absolute Gasteiger partial charge is 0.491 e. The van der Waals surface area contributed by atoms with E-state index >= 15 is 0 Å². The molecule has 0 amide bonds. The maximum Gasteiger partial charge on any atom is 0.201 e. The van der Waals surface area contributed by atoms with Gasteiger partial charge in [-0.3, -0.25) is 0 Å². The SMILES string of the molecule is CCC[Si@H]1CC[C@H](c2ccc(C#Cc3ccc(OCC)c(F)c3F)cc2)CC1. The van der Waals surface area contributed by atoms with E-state index in [2.05, 4.69) is 30.9 Å². The van der Waals surface area contributed by atoms with Gasteiger partial charge in [0.1, 0.15) is 0 Å². The van der Waals surface area contributed by atoms with Gasteiger partial charge in [-0.2, -0.15) is 4.39 Å². The molecular weight excluding hydrogens is 370 g/mol. The standard InChI is InChI=1S/C24H28F2OSi/c1-3-15-28-16-13-20(14-17-28)19-8-5-18(6-9-19)7-10-21-11-12-22(27-4-2)24(26)23(21)25/h5-6,8-9,11-12,20,28H,3-4,13-17H2,1-2H3/t20-,28-. The van der Waals surface area contributed by atoms with Gasteiger partial charge in [-0.15, -0.1) is 0 Å². The summed E-state index contributed by atoms with van der Waals surface area (Å²) in [5.74, 6) is 4.34. The quantitative estimate of drug-likeness (QED) is 0.425. The predicted molar refractivity (Wildman–Crippen MR) is 114 cm³/mol. The van der Waals surface area contributed by atoms with Crippen LogP contribution in [-0.4, -0.2) is 15.4 Å². The molecule has 1 saturated heterocycles. The molecule has 148 valence electrons. The van der Waals surface area contributed by atoms with E-state index in [0.29, 0.717) is 5.92 Å². The molecule has 1 heterocycles. The first-order valence-corrected chi connectivity index (χ1v) is 12.8. The van der Waals surface area contributed by atoms with Crippen molar-refractivity contribution in [2.75, 3.05) is 6.61 Å². The van der Waals surface area contributed by atoms with Gasteiger partial charge in [-0.05, 0) is 55.5 Å². The molecule has 1 aliphatic heterocycles. The molecule has 0 atom stereocenters. The fourth-order valence-electron chi connectivity index (χ4n) is 4.07. The second-order valence-electron chi connectivity index (χ2n) is 7.55. The van der Waals surface area contributed by atoms with E-state index in [4.69, 9.17) is 4.74 Å². The summed E-state index contributed by atoms with van der Waals surface area (Å²) in [6, 6.07) is 15.6. The summed E-state index contributed by atoms with van der Waals surface area (Å²) >= 11 is 0. The molecule has 2 aromatic rings. The fraction of sp³-hybridized carbons (Fsp3) is 0.417. The van der Waals surface area contributed by atoms with Crippen LogP contribution in [0.2, 0.25) is 18.1 Å². The second kappa shape index (κ2) is 9.89. The average Bonchev–Trinajstić information content (AvgIpc) is 2.72. The topological polar surface area (TPSA) is 9.23 Å². The number of hydrogen-bond acceptors (Lipinski definition) is 1. The normalized spacial score (nSPS) is 19.0. The van der Waals surface area contributed by atoms with Crippen LogP contribution in [0.25, 0.3) is 0 Å². The maximum absolute atomic E-state index is 14.1. The zero-order valence-electron chi connectivity index (χ0n) is 16.7. The van der Waals surface area contributed by atoms with Crippen LogP contribution in [0.15, 0.2) is 36.4 Å². The third-order valence-corrected chi connectivity index (χ3v) is 9.31. The van der Waals surface area contributed by atoms with Gasteiger partial charge >= 0.3 is 0 Å². The predicted octanol–water partition coefficient (Wildman–Crippen LogP) is 6.28. The summed E-state index contributed by atoms with van der Waals surface area (Å²) in [6.45, 7) is 4.32. The summed E-state index contributed by atoms with van der Waals surface area (Å²) in [7, 11) is -0.459. The van der Waals surface area contributed by atoms with Crippen molar-refractivity contribution >= 4 is 8.80 Å². The minimum atomic E-state index is -0.980. The Bertz CT molecular complexity index is 843. The number of rotatable bonds is 5. The molecule has 0 spiro atoms. The monoisotopic (exact) mass is 398 g/mol. The van der Waals surface area contributed by atoms with Crippen molar-refractivity contribution in [3.8, 4) is 17.6 Å². The van der Waals surface area contributed by atoms with E-state index in [1.54, 1.807) is 6.92 Å². The summed E-state index contributed by atoms with van der Waals surface area (Å²) in [4.78, 5) is 0. The van der Waals surface area contributed by atoms with Gasteiger partial charge < -0.3 is 4.74 Å². The van der Waals surface area contributed by atoms with Crippen LogP contribution in [0.1, 0.15) is 55.7 Å². The molecule has 2 aromatic carbocycles. The van der Waals surface area contributed by atoms with E-state index in [9.17, 15) is 8.78 Å². The molecule has 28 heavy (non-hydrogen) atoms. The third-order valence-electron chi connectivity index (χ3n) is 5.61. The summed E-state index contributed by atoms with van der Waals surface area (Å²) in [5.41, 5.74) is 2.24. The Hall–Kier alpha value is -2.12. The smallest absolute Gasteiger partial charge is 0.201 e. The van der Waals surface area contributed by atoms with Crippen LogP contribution in [0, 0.1) is 23.5 Å². The molecule has 1 nitrogen and oxygen atoms in total. The van der Waals surface area contributed by atoms with E-state index in [1.165, 1.54) is 55.1 Å². The zero-order valence-corrected chi connectivity index (χ0v) is 17.9. The third kappa shape index (κ3) is 5.02. The molecule has 0 aliphatic carbocycles. The second-order valence-corrected chi connectivity index (χ2v) is 11.0. The first-order chi connectivity index (χ1) is 13.6. The molecule has 1 aliphatic rings. The van der Waals surface area contributed by atoms with Crippen molar-refractivity contribution in [2.24, 2.45) is 0 Å². The van der Waals surface area contributed by atoms with Crippen molar-refractivity contribution in [1.29, 1.82) is 0 Å². The molecule has 0 bridgehead atoms. The van der Waals surface area contributed by atoms with E-state index in [1.807, 2.05) is 12.1 Å². The van der Waals surface area contributed by atoms with Gasteiger partial charge in [0.25, 0.3) is 0 Å². The van der Waals surface area contributed by atoms with Gasteiger partial charge in [0.2, 0.25) is 5.82 Å². The van der Waals surface area contributed by atoms with Crippen molar-refractivity contribution in [2.45, 2.75) is 57.2 Å². The number of ether oxygens (including phenoxy) is 1. The van der Waals surface area contributed by atoms with E-state index in [0.717, 1.165) is 5.56 Å². The fourth-order valence-corrected chi connectivity index (χ4v) is 7.50. The van der Waals surface area contributed by atoms with Crippen LogP contribution in [-0.2, 0) is 0 Å². The van der Waals surface area contributed by atoms with Gasteiger partial charge in [-0.1, -0.05) is 55.5 Å². The van der Waals surface area contributed by atoms with Crippen molar-refractivity contribution in [3.05, 3.63) is 64.7 Å². The highest BCUT2D eigenvalue weighted by Crippen LogP contribution is 2.35. The number of benzene rings is 2. The van der Waals surface area contributed by atoms with Gasteiger partial charge in [0, 0.05) is 14.4 Å². The first kappa shape index (κ1) is 20.6. The minimum absolute atomic E-state index is 0.0456. The lowest BCUT2D eigenvalue weighted by Crippen LogP contribution is -2.19. The Balaban J connectivity index is 1.67. The Labute approximate surface area is 168 Å². The van der Waals surface area contributed by atoms with Crippen LogP contribution < -0.4 is 4.74 Å². The lowest BCUT2D eigenvalue weighted by Gasteiger charge is -2.27. The molecule has 1 fully saturated rings. The highest BCUT2D eigenvalue weighted by molar-refractivity contribution is 6.59. The van der Waals surface area contributed by atoms with Crippen LogP contribution >= 0.6 is 0 Å². The molecule has 0 saturated carbocycles. The van der Waals surface area contributed by atoms with Gasteiger partial charge in [0.15, 0.2) is 11.6 Å². The lowest BCUT2D eigenvalue weighted by molar-refractivity contribution is 0.314. The maximum atomic E-state index is 14.1. The van der Waals surface area contributed by atoms with Crippen molar-refractivity contribution in [1.82, 2.24) is 0 Å². The summed E-state index contributed by atoms with van der Waals surface area (Å²) < 4.78 is 33.1. The number of hydrogen-bond donors (Lipinski definition) is 0. The number of halogens is 2. The molecule has 0 radical (unpaired) electrons. The highest BCUT2D eigenvalue weighted by atomic mass is 28.3.